The molecular weight excluding hydrogens is 236 g/mol. The molecule has 6 heteroatoms. The zero-order valence-electron chi connectivity index (χ0n) is 9.48. The molecule has 2 aromatic rings. The van der Waals surface area contributed by atoms with Crippen molar-refractivity contribution in [1.29, 1.82) is 0 Å². The third-order valence-electron chi connectivity index (χ3n) is 2.45. The molecule has 0 saturated heterocycles. The zero-order valence-corrected chi connectivity index (χ0v) is 10.3. The van der Waals surface area contributed by atoms with Crippen molar-refractivity contribution in [3.8, 4) is 5.88 Å². The van der Waals surface area contributed by atoms with Crippen LogP contribution in [0.1, 0.15) is 11.1 Å². The summed E-state index contributed by atoms with van der Waals surface area (Å²) in [4.78, 5) is 2.86. The van der Waals surface area contributed by atoms with Crippen molar-refractivity contribution in [2.24, 2.45) is 16.0 Å². The number of aryl methyl sites for hydroxylation is 2. The quantitative estimate of drug-likeness (QED) is 0.535. The lowest BCUT2D eigenvalue weighted by Crippen LogP contribution is -2.01. The molecule has 1 aromatic carbocycles. The zero-order chi connectivity index (χ0) is 12.6. The molecule has 0 aliphatic rings. The number of aromatic amines is 1. The topological polar surface area (TPSA) is 86.8 Å². The maximum atomic E-state index is 9.77. The van der Waals surface area contributed by atoms with E-state index in [1.165, 1.54) is 0 Å². The number of nitrogens with two attached hydrogens (primary N) is 1. The molecule has 5 nitrogen and oxygen atoms in total. The van der Waals surface area contributed by atoms with E-state index in [4.69, 9.17) is 5.73 Å². The molecule has 0 saturated carbocycles. The highest BCUT2D eigenvalue weighted by Gasteiger charge is 2.12. The second-order valence-corrected chi connectivity index (χ2v) is 4.28. The van der Waals surface area contributed by atoms with Gasteiger partial charge in [0.15, 0.2) is 5.69 Å². The summed E-state index contributed by atoms with van der Waals surface area (Å²) in [5, 5.41) is 18.0. The molecule has 0 amide bonds. The van der Waals surface area contributed by atoms with Crippen LogP contribution in [-0.2, 0) is 0 Å². The lowest BCUT2D eigenvalue weighted by molar-refractivity contribution is 0.459. The number of fused-ring (bicyclic) bond motifs is 1. The number of H-pyrrole nitrogens is 1. The van der Waals surface area contributed by atoms with E-state index in [0.29, 0.717) is 5.69 Å². The Morgan fingerprint density at radius 2 is 2.12 bits per heavy atom. The summed E-state index contributed by atoms with van der Waals surface area (Å²) in [5.74, 6) is -0.0336. The normalized spacial score (nSPS) is 11.4. The van der Waals surface area contributed by atoms with Crippen molar-refractivity contribution in [3.63, 3.8) is 0 Å². The van der Waals surface area contributed by atoms with E-state index in [1.54, 1.807) is 0 Å². The summed E-state index contributed by atoms with van der Waals surface area (Å²) in [5.41, 5.74) is 8.56. The highest BCUT2D eigenvalue weighted by molar-refractivity contribution is 7.80. The van der Waals surface area contributed by atoms with Crippen LogP contribution >= 0.6 is 12.2 Å². The summed E-state index contributed by atoms with van der Waals surface area (Å²) < 4.78 is 0. The Hall–Kier alpha value is -1.95. The molecule has 0 aliphatic carbocycles. The van der Waals surface area contributed by atoms with Crippen LogP contribution in [0.2, 0.25) is 0 Å². The maximum absolute atomic E-state index is 9.77. The summed E-state index contributed by atoms with van der Waals surface area (Å²) in [7, 11) is 0. The SMILES string of the molecule is Cc1cc(C)c2[nH]c(O)c(N=NC(N)=S)c2c1. The Morgan fingerprint density at radius 3 is 2.76 bits per heavy atom. The molecule has 0 fully saturated rings. The largest absolute Gasteiger partial charge is 0.493 e. The molecule has 0 radical (unpaired) electrons. The van der Waals surface area contributed by atoms with E-state index < -0.39 is 0 Å². The van der Waals surface area contributed by atoms with E-state index in [2.05, 4.69) is 27.4 Å². The van der Waals surface area contributed by atoms with Crippen molar-refractivity contribution < 1.29 is 5.11 Å². The van der Waals surface area contributed by atoms with Crippen LogP contribution in [0, 0.1) is 13.8 Å². The first-order valence-corrected chi connectivity index (χ1v) is 5.43. The molecular formula is C11H12N4OS. The third kappa shape index (κ3) is 2.12. The summed E-state index contributed by atoms with van der Waals surface area (Å²) in [6, 6.07) is 3.94. The molecule has 4 N–H and O–H groups in total. The lowest BCUT2D eigenvalue weighted by Gasteiger charge is -1.98. The van der Waals surface area contributed by atoms with Gasteiger partial charge in [-0.1, -0.05) is 11.6 Å². The van der Waals surface area contributed by atoms with Crippen molar-refractivity contribution in [2.75, 3.05) is 0 Å². The van der Waals surface area contributed by atoms with Gasteiger partial charge >= 0.3 is 0 Å². The Balaban J connectivity index is 2.70. The van der Waals surface area contributed by atoms with Crippen LogP contribution in [-0.4, -0.2) is 15.2 Å². The van der Waals surface area contributed by atoms with Crippen molar-refractivity contribution in [2.45, 2.75) is 13.8 Å². The van der Waals surface area contributed by atoms with Gasteiger partial charge in [0.05, 0.1) is 5.52 Å². The first kappa shape index (κ1) is 11.5. The van der Waals surface area contributed by atoms with Crippen LogP contribution in [0.3, 0.4) is 0 Å². The van der Waals surface area contributed by atoms with E-state index >= 15 is 0 Å². The van der Waals surface area contributed by atoms with Gasteiger partial charge in [-0.15, -0.1) is 10.2 Å². The van der Waals surface area contributed by atoms with E-state index in [9.17, 15) is 5.11 Å². The average molecular weight is 248 g/mol. The number of hydrogen-bond acceptors (Lipinski definition) is 3. The van der Waals surface area contributed by atoms with Gasteiger partial charge in [0.2, 0.25) is 11.0 Å². The number of aromatic hydroxyl groups is 1. The third-order valence-corrected chi connectivity index (χ3v) is 2.53. The van der Waals surface area contributed by atoms with E-state index in [0.717, 1.165) is 22.0 Å². The number of nitrogens with zero attached hydrogens (tertiary/aromatic N) is 2. The monoisotopic (exact) mass is 248 g/mol. The molecule has 2 rings (SSSR count). The first-order valence-electron chi connectivity index (χ1n) is 5.02. The number of azo groups is 1. The summed E-state index contributed by atoms with van der Waals surface area (Å²) in [6.45, 7) is 3.94. The van der Waals surface area contributed by atoms with Gasteiger partial charge in [-0.3, -0.25) is 0 Å². The molecule has 17 heavy (non-hydrogen) atoms. The Bertz CT molecular complexity index is 630. The van der Waals surface area contributed by atoms with E-state index in [-0.39, 0.29) is 11.0 Å². The highest BCUT2D eigenvalue weighted by Crippen LogP contribution is 2.37. The predicted octanol–water partition coefficient (Wildman–Crippen LogP) is 2.82. The van der Waals surface area contributed by atoms with Crippen LogP contribution in [0.25, 0.3) is 10.9 Å². The van der Waals surface area contributed by atoms with Gasteiger partial charge in [0.1, 0.15) is 0 Å². The lowest BCUT2D eigenvalue weighted by atomic mass is 10.1. The number of rotatable bonds is 1. The van der Waals surface area contributed by atoms with Gasteiger partial charge in [-0.05, 0) is 37.7 Å². The molecule has 88 valence electrons. The average Bonchev–Trinajstić information content (AvgIpc) is 2.52. The van der Waals surface area contributed by atoms with Crippen LogP contribution in [0.4, 0.5) is 5.69 Å². The fourth-order valence-corrected chi connectivity index (χ4v) is 1.87. The Morgan fingerprint density at radius 1 is 1.41 bits per heavy atom. The summed E-state index contributed by atoms with van der Waals surface area (Å²) >= 11 is 4.61. The fourth-order valence-electron chi connectivity index (χ4n) is 1.83. The smallest absolute Gasteiger partial charge is 0.218 e. The van der Waals surface area contributed by atoms with Gasteiger partial charge in [-0.2, -0.15) is 0 Å². The van der Waals surface area contributed by atoms with Crippen LogP contribution < -0.4 is 5.73 Å². The van der Waals surface area contributed by atoms with Crippen molar-refractivity contribution in [1.82, 2.24) is 4.98 Å². The molecule has 0 aliphatic heterocycles. The minimum absolute atomic E-state index is 0.0336. The number of hydrogen-bond donors (Lipinski definition) is 3. The van der Waals surface area contributed by atoms with Crippen molar-refractivity contribution in [3.05, 3.63) is 23.3 Å². The van der Waals surface area contributed by atoms with Gasteiger partial charge in [0.25, 0.3) is 0 Å². The van der Waals surface area contributed by atoms with Gasteiger partial charge in [-0.25, -0.2) is 0 Å². The van der Waals surface area contributed by atoms with Gasteiger partial charge in [0, 0.05) is 5.39 Å². The second-order valence-electron chi connectivity index (χ2n) is 3.86. The fraction of sp³-hybridized carbons (Fsp3) is 0.182. The maximum Gasteiger partial charge on any atom is 0.218 e. The molecule has 0 atom stereocenters. The Labute approximate surface area is 103 Å². The minimum atomic E-state index is -0.0666. The second kappa shape index (κ2) is 4.14. The molecule has 0 unspecified atom stereocenters. The van der Waals surface area contributed by atoms with Crippen molar-refractivity contribution >= 4 is 33.9 Å². The highest BCUT2D eigenvalue weighted by atomic mass is 32.1. The number of aromatic nitrogens is 1. The van der Waals surface area contributed by atoms with E-state index in [1.807, 2.05) is 26.0 Å². The number of nitrogens with one attached hydrogen (secondary N) is 1. The van der Waals surface area contributed by atoms with Crippen LogP contribution in [0.15, 0.2) is 22.4 Å². The molecule has 0 bridgehead atoms. The predicted molar refractivity (Wildman–Crippen MR) is 70.7 cm³/mol. The molecule has 1 aromatic heterocycles. The molecule has 1 heterocycles. The standard InChI is InChI=1S/C11H12N4OS/c1-5-3-6(2)8-7(4-5)9(10(16)13-8)14-15-11(12)17/h3-4,13,16H,1-2H3,(H2,12,17). The first-order chi connectivity index (χ1) is 7.99. The van der Waals surface area contributed by atoms with Crippen LogP contribution in [0.5, 0.6) is 5.88 Å². The Kier molecular flexibility index (Phi) is 2.81. The number of benzene rings is 1. The number of thiocarbonyl (C=S) groups is 1. The minimum Gasteiger partial charge on any atom is -0.493 e. The molecule has 0 spiro atoms. The summed E-state index contributed by atoms with van der Waals surface area (Å²) in [6.07, 6.45) is 0. The van der Waals surface area contributed by atoms with Gasteiger partial charge < -0.3 is 15.8 Å².